The molecule has 7 heteroatoms. The molecule has 0 radical (unpaired) electrons. The van der Waals surface area contributed by atoms with E-state index in [0.717, 1.165) is 16.7 Å². The van der Waals surface area contributed by atoms with Crippen molar-refractivity contribution in [2.24, 2.45) is 0 Å². The first kappa shape index (κ1) is 23.3. The van der Waals surface area contributed by atoms with Crippen LogP contribution in [0.5, 0.6) is 5.75 Å². The fourth-order valence-corrected chi connectivity index (χ4v) is 4.02. The summed E-state index contributed by atoms with van der Waals surface area (Å²) in [5.41, 5.74) is 11.7. The Bertz CT molecular complexity index is 1340. The third-order valence-electron chi connectivity index (χ3n) is 5.60. The number of nitrogen functional groups attached to an aromatic ring is 1. The van der Waals surface area contributed by atoms with E-state index in [1.165, 1.54) is 6.07 Å². The normalized spacial score (nSPS) is 11.7. The van der Waals surface area contributed by atoms with Gasteiger partial charge in [-0.25, -0.2) is 0 Å². The van der Waals surface area contributed by atoms with E-state index in [4.69, 9.17) is 22.7 Å². The van der Waals surface area contributed by atoms with Gasteiger partial charge in [0.2, 0.25) is 0 Å². The van der Waals surface area contributed by atoms with Crippen LogP contribution in [0, 0.1) is 5.41 Å². The summed E-state index contributed by atoms with van der Waals surface area (Å²) in [6.07, 6.45) is 1.66. The van der Waals surface area contributed by atoms with Crippen molar-refractivity contribution in [3.8, 4) is 28.1 Å². The largest absolute Gasteiger partial charge is 0.507 e. The van der Waals surface area contributed by atoms with Crippen molar-refractivity contribution in [3.05, 3.63) is 95.1 Å². The van der Waals surface area contributed by atoms with Gasteiger partial charge in [0.15, 0.2) is 0 Å². The molecule has 1 aromatic heterocycles. The lowest BCUT2D eigenvalue weighted by Gasteiger charge is -2.20. The topological polar surface area (TPSA) is 115 Å². The number of aliphatic hydroxyl groups is 1. The van der Waals surface area contributed by atoms with Gasteiger partial charge in [-0.15, -0.1) is 0 Å². The molecule has 0 aliphatic carbocycles. The fraction of sp³-hybridized carbons (Fsp3) is 0.111. The van der Waals surface area contributed by atoms with Crippen LogP contribution in [0.15, 0.2) is 79.0 Å². The van der Waals surface area contributed by atoms with Crippen LogP contribution < -0.4 is 11.1 Å². The van der Waals surface area contributed by atoms with Crippen molar-refractivity contribution in [1.82, 2.24) is 4.98 Å². The molecule has 0 saturated carbocycles. The van der Waals surface area contributed by atoms with Gasteiger partial charge in [0.1, 0.15) is 5.75 Å². The standard InChI is InChI=1S/C27H25ClN4O2/c1-16(29)21-11-18(7-9-24(21)30)22-13-20(32-25(15-33)17-5-3-2-4-6-17)14-31-27(22)23-12-19(28)8-10-26(23)34/h2-14,25,29,32-34H,15,30H2,1H3. The lowest BCUT2D eigenvalue weighted by molar-refractivity contribution is 0.276. The van der Waals surface area contributed by atoms with E-state index >= 15 is 0 Å². The maximum absolute atomic E-state index is 10.5. The Labute approximate surface area is 203 Å². The predicted octanol–water partition coefficient (Wildman–Crippen LogP) is 5.89. The zero-order valence-corrected chi connectivity index (χ0v) is 19.3. The fourth-order valence-electron chi connectivity index (χ4n) is 3.85. The second kappa shape index (κ2) is 9.95. The summed E-state index contributed by atoms with van der Waals surface area (Å²) in [7, 11) is 0. The molecule has 3 aromatic carbocycles. The van der Waals surface area contributed by atoms with Crippen molar-refractivity contribution < 1.29 is 10.2 Å². The van der Waals surface area contributed by atoms with Gasteiger partial charge in [0.05, 0.1) is 30.2 Å². The van der Waals surface area contributed by atoms with Gasteiger partial charge in [0.25, 0.3) is 0 Å². The number of aliphatic hydroxyl groups excluding tert-OH is 1. The first-order chi connectivity index (χ1) is 16.4. The van der Waals surface area contributed by atoms with Gasteiger partial charge >= 0.3 is 0 Å². The van der Waals surface area contributed by atoms with Crippen LogP contribution in [0.2, 0.25) is 5.02 Å². The molecular formula is C27H25ClN4O2. The van der Waals surface area contributed by atoms with Crippen LogP contribution in [0.1, 0.15) is 24.1 Å². The first-order valence-electron chi connectivity index (χ1n) is 10.7. The number of pyridine rings is 1. The molecule has 1 unspecified atom stereocenters. The molecule has 0 saturated heterocycles. The van der Waals surface area contributed by atoms with E-state index in [-0.39, 0.29) is 18.4 Å². The van der Waals surface area contributed by atoms with Gasteiger partial charge in [0, 0.05) is 33.1 Å². The smallest absolute Gasteiger partial charge is 0.125 e. The van der Waals surface area contributed by atoms with Gasteiger partial charge in [-0.3, -0.25) is 4.98 Å². The van der Waals surface area contributed by atoms with Crippen molar-refractivity contribution in [2.75, 3.05) is 17.7 Å². The summed E-state index contributed by atoms with van der Waals surface area (Å²) in [5, 5.41) is 32.4. The number of benzene rings is 3. The molecule has 6 nitrogen and oxygen atoms in total. The minimum Gasteiger partial charge on any atom is -0.507 e. The van der Waals surface area contributed by atoms with E-state index in [2.05, 4.69) is 10.3 Å². The molecule has 6 N–H and O–H groups in total. The summed E-state index contributed by atoms with van der Waals surface area (Å²) in [6.45, 7) is 1.58. The molecule has 1 heterocycles. The zero-order valence-electron chi connectivity index (χ0n) is 18.6. The molecule has 4 rings (SSSR count). The van der Waals surface area contributed by atoms with Crippen LogP contribution in [0.25, 0.3) is 22.4 Å². The van der Waals surface area contributed by atoms with E-state index in [0.29, 0.717) is 38.9 Å². The van der Waals surface area contributed by atoms with Gasteiger partial charge in [-0.2, -0.15) is 0 Å². The number of anilines is 2. The molecule has 0 aliphatic heterocycles. The SMILES string of the molecule is CC(=N)c1cc(-c2cc(NC(CO)c3ccccc3)cnc2-c2cc(Cl)ccc2O)ccc1N. The summed E-state index contributed by atoms with van der Waals surface area (Å²) >= 11 is 6.22. The zero-order chi connectivity index (χ0) is 24.2. The van der Waals surface area contributed by atoms with Crippen molar-refractivity contribution in [3.63, 3.8) is 0 Å². The van der Waals surface area contributed by atoms with E-state index in [1.807, 2.05) is 48.5 Å². The van der Waals surface area contributed by atoms with E-state index < -0.39 is 0 Å². The second-order valence-corrected chi connectivity index (χ2v) is 8.44. The van der Waals surface area contributed by atoms with Gasteiger partial charge in [-0.1, -0.05) is 48.0 Å². The number of halogens is 1. The minimum absolute atomic E-state index is 0.0512. The summed E-state index contributed by atoms with van der Waals surface area (Å²) < 4.78 is 0. The average molecular weight is 473 g/mol. The molecule has 0 bridgehead atoms. The minimum atomic E-state index is -0.327. The maximum Gasteiger partial charge on any atom is 0.125 e. The monoisotopic (exact) mass is 472 g/mol. The quantitative estimate of drug-likeness (QED) is 0.170. The Hall–Kier alpha value is -3.87. The molecular weight excluding hydrogens is 448 g/mol. The molecule has 34 heavy (non-hydrogen) atoms. The number of phenols is 1. The Morgan fingerprint density at radius 1 is 1.06 bits per heavy atom. The average Bonchev–Trinajstić information content (AvgIpc) is 2.84. The Morgan fingerprint density at radius 2 is 1.82 bits per heavy atom. The maximum atomic E-state index is 10.5. The highest BCUT2D eigenvalue weighted by molar-refractivity contribution is 6.31. The molecule has 1 atom stereocenters. The number of phenolic OH excluding ortho intramolecular Hbond substituents is 1. The van der Waals surface area contributed by atoms with E-state index in [9.17, 15) is 10.2 Å². The van der Waals surface area contributed by atoms with Gasteiger partial charge in [-0.05, 0) is 54.4 Å². The van der Waals surface area contributed by atoms with Gasteiger partial charge < -0.3 is 26.7 Å². The summed E-state index contributed by atoms with van der Waals surface area (Å²) in [5.74, 6) is 0.0512. The molecule has 0 aliphatic rings. The van der Waals surface area contributed by atoms with Crippen LogP contribution in [-0.4, -0.2) is 27.5 Å². The molecule has 4 aromatic rings. The Kier molecular flexibility index (Phi) is 6.82. The molecule has 172 valence electrons. The van der Waals surface area contributed by atoms with Crippen LogP contribution in [0.4, 0.5) is 11.4 Å². The van der Waals surface area contributed by atoms with E-state index in [1.54, 1.807) is 31.3 Å². The lowest BCUT2D eigenvalue weighted by atomic mass is 9.95. The summed E-state index contributed by atoms with van der Waals surface area (Å²) in [4.78, 5) is 4.66. The highest BCUT2D eigenvalue weighted by atomic mass is 35.5. The first-order valence-corrected chi connectivity index (χ1v) is 11.1. The summed E-state index contributed by atoms with van der Waals surface area (Å²) in [6, 6.07) is 21.5. The number of hydrogen-bond donors (Lipinski definition) is 5. The third kappa shape index (κ3) is 4.88. The number of aromatic hydroxyl groups is 1. The van der Waals surface area contributed by atoms with Crippen LogP contribution in [-0.2, 0) is 0 Å². The molecule has 0 spiro atoms. The number of nitrogens with one attached hydrogen (secondary N) is 2. The molecule has 0 fully saturated rings. The van der Waals surface area contributed by atoms with Crippen LogP contribution in [0.3, 0.4) is 0 Å². The number of aromatic nitrogens is 1. The highest BCUT2D eigenvalue weighted by Crippen LogP contribution is 2.39. The highest BCUT2D eigenvalue weighted by Gasteiger charge is 2.17. The Morgan fingerprint density at radius 3 is 2.53 bits per heavy atom. The number of nitrogens with two attached hydrogens (primary N) is 1. The van der Waals surface area contributed by atoms with Crippen molar-refractivity contribution in [2.45, 2.75) is 13.0 Å². The number of nitrogens with zero attached hydrogens (tertiary/aromatic N) is 1. The predicted molar refractivity (Wildman–Crippen MR) is 139 cm³/mol. The number of rotatable bonds is 7. The molecule has 0 amide bonds. The van der Waals surface area contributed by atoms with Crippen molar-refractivity contribution in [1.29, 1.82) is 5.41 Å². The third-order valence-corrected chi connectivity index (χ3v) is 5.83. The van der Waals surface area contributed by atoms with Crippen LogP contribution >= 0.6 is 11.6 Å². The van der Waals surface area contributed by atoms with Crippen molar-refractivity contribution >= 4 is 28.7 Å². The lowest BCUT2D eigenvalue weighted by Crippen LogP contribution is -2.15. The number of hydrogen-bond acceptors (Lipinski definition) is 6. The second-order valence-electron chi connectivity index (χ2n) is 8.00. The Balaban J connectivity index is 1.86.